The normalized spacial score (nSPS) is 31.4. The third-order valence-corrected chi connectivity index (χ3v) is 4.47. The molecule has 1 aliphatic heterocycles. The minimum atomic E-state index is 0.229. The summed E-state index contributed by atoms with van der Waals surface area (Å²) in [4.78, 5) is 2.60. The molecule has 2 heterocycles. The van der Waals surface area contributed by atoms with Gasteiger partial charge in [0.1, 0.15) is 5.76 Å². The van der Waals surface area contributed by atoms with Crippen molar-refractivity contribution in [1.82, 2.24) is 10.2 Å². The van der Waals surface area contributed by atoms with Crippen LogP contribution in [0.5, 0.6) is 0 Å². The Morgan fingerprint density at radius 3 is 2.89 bits per heavy atom. The zero-order chi connectivity index (χ0) is 13.2. The van der Waals surface area contributed by atoms with Crippen molar-refractivity contribution in [2.24, 2.45) is 0 Å². The average molecular weight is 250 g/mol. The first-order chi connectivity index (χ1) is 8.59. The summed E-state index contributed by atoms with van der Waals surface area (Å²) in [5.41, 5.74) is 0.229. The van der Waals surface area contributed by atoms with Gasteiger partial charge >= 0.3 is 0 Å². The largest absolute Gasteiger partial charge is 0.468 e. The van der Waals surface area contributed by atoms with Crippen molar-refractivity contribution in [1.29, 1.82) is 0 Å². The van der Waals surface area contributed by atoms with Gasteiger partial charge in [0.15, 0.2) is 0 Å². The molecule has 1 fully saturated rings. The molecule has 1 aliphatic rings. The summed E-state index contributed by atoms with van der Waals surface area (Å²) in [5, 5.41) is 3.70. The van der Waals surface area contributed by atoms with Gasteiger partial charge in [-0.25, -0.2) is 0 Å². The molecule has 1 aromatic heterocycles. The molecule has 0 bridgehead atoms. The van der Waals surface area contributed by atoms with Gasteiger partial charge in [-0.3, -0.25) is 4.90 Å². The minimum Gasteiger partial charge on any atom is -0.468 e. The molecule has 0 aromatic carbocycles. The highest BCUT2D eigenvalue weighted by Gasteiger charge is 2.36. The van der Waals surface area contributed by atoms with Gasteiger partial charge in [-0.15, -0.1) is 0 Å². The van der Waals surface area contributed by atoms with Crippen LogP contribution in [-0.4, -0.2) is 29.6 Å². The van der Waals surface area contributed by atoms with Gasteiger partial charge in [-0.1, -0.05) is 13.8 Å². The molecule has 102 valence electrons. The van der Waals surface area contributed by atoms with Gasteiger partial charge in [-0.2, -0.15) is 0 Å². The SMILES string of the molecule is CCC1CNC(C)(CC)CN1C(C)c1ccco1. The highest BCUT2D eigenvalue weighted by molar-refractivity contribution is 5.06. The molecule has 0 amide bonds. The van der Waals surface area contributed by atoms with Crippen molar-refractivity contribution in [3.05, 3.63) is 24.2 Å². The first-order valence-electron chi connectivity index (χ1n) is 7.14. The van der Waals surface area contributed by atoms with Gasteiger partial charge in [0.05, 0.1) is 12.3 Å². The fraction of sp³-hybridized carbons (Fsp3) is 0.733. The predicted molar refractivity (Wildman–Crippen MR) is 74.6 cm³/mol. The van der Waals surface area contributed by atoms with Crippen LogP contribution >= 0.6 is 0 Å². The van der Waals surface area contributed by atoms with Gasteiger partial charge in [0.25, 0.3) is 0 Å². The topological polar surface area (TPSA) is 28.4 Å². The monoisotopic (exact) mass is 250 g/mol. The van der Waals surface area contributed by atoms with Crippen LogP contribution in [-0.2, 0) is 0 Å². The van der Waals surface area contributed by atoms with Crippen LogP contribution in [0.1, 0.15) is 52.3 Å². The fourth-order valence-corrected chi connectivity index (χ4v) is 2.83. The first kappa shape index (κ1) is 13.6. The van der Waals surface area contributed by atoms with E-state index in [-0.39, 0.29) is 5.54 Å². The number of nitrogens with one attached hydrogen (secondary N) is 1. The summed E-state index contributed by atoms with van der Waals surface area (Å²) in [6.07, 6.45) is 4.11. The molecule has 3 nitrogen and oxygen atoms in total. The van der Waals surface area contributed by atoms with Crippen molar-refractivity contribution >= 4 is 0 Å². The molecule has 1 saturated heterocycles. The number of rotatable bonds is 4. The smallest absolute Gasteiger partial charge is 0.120 e. The van der Waals surface area contributed by atoms with E-state index in [9.17, 15) is 0 Å². The van der Waals surface area contributed by atoms with E-state index in [2.05, 4.69) is 44.0 Å². The van der Waals surface area contributed by atoms with Crippen molar-refractivity contribution in [3.63, 3.8) is 0 Å². The Balaban J connectivity index is 2.16. The number of hydrogen-bond acceptors (Lipinski definition) is 3. The van der Waals surface area contributed by atoms with Crippen LogP contribution in [0.2, 0.25) is 0 Å². The van der Waals surface area contributed by atoms with Crippen molar-refractivity contribution in [2.45, 2.75) is 58.2 Å². The highest BCUT2D eigenvalue weighted by atomic mass is 16.3. The molecular weight excluding hydrogens is 224 g/mol. The lowest BCUT2D eigenvalue weighted by molar-refractivity contribution is 0.0418. The molecule has 3 unspecified atom stereocenters. The van der Waals surface area contributed by atoms with Crippen LogP contribution in [0.15, 0.2) is 22.8 Å². The number of nitrogens with zero attached hydrogens (tertiary/aromatic N) is 1. The number of hydrogen-bond donors (Lipinski definition) is 1. The van der Waals surface area contributed by atoms with Crippen LogP contribution in [0.25, 0.3) is 0 Å². The summed E-state index contributed by atoms with van der Waals surface area (Å²) in [5.74, 6) is 1.08. The van der Waals surface area contributed by atoms with Gasteiger partial charge < -0.3 is 9.73 Å². The molecule has 0 spiro atoms. The summed E-state index contributed by atoms with van der Waals surface area (Å²) in [6, 6.07) is 5.03. The van der Waals surface area contributed by atoms with Crippen molar-refractivity contribution in [2.75, 3.05) is 13.1 Å². The Hall–Kier alpha value is -0.800. The highest BCUT2D eigenvalue weighted by Crippen LogP contribution is 2.29. The second kappa shape index (κ2) is 5.45. The second-order valence-corrected chi connectivity index (χ2v) is 5.72. The lowest BCUT2D eigenvalue weighted by Crippen LogP contribution is -2.62. The van der Waals surface area contributed by atoms with Crippen LogP contribution in [0.3, 0.4) is 0 Å². The molecule has 1 N–H and O–H groups in total. The van der Waals surface area contributed by atoms with E-state index in [1.54, 1.807) is 6.26 Å². The molecular formula is C15H26N2O. The van der Waals surface area contributed by atoms with Crippen molar-refractivity contribution in [3.8, 4) is 0 Å². The standard InChI is InChI=1S/C15H26N2O/c1-5-13-10-16-15(4,6-2)11-17(13)12(3)14-8-7-9-18-14/h7-9,12-13,16H,5-6,10-11H2,1-4H3. The predicted octanol–water partition coefficient (Wildman–Crippen LogP) is 3.19. The van der Waals surface area contributed by atoms with Gasteiger partial charge in [0, 0.05) is 24.7 Å². The van der Waals surface area contributed by atoms with Gasteiger partial charge in [-0.05, 0) is 38.8 Å². The molecule has 2 rings (SSSR count). The van der Waals surface area contributed by atoms with E-state index in [0.717, 1.165) is 25.3 Å². The maximum atomic E-state index is 5.58. The first-order valence-corrected chi connectivity index (χ1v) is 7.14. The van der Waals surface area contributed by atoms with E-state index < -0.39 is 0 Å². The summed E-state index contributed by atoms with van der Waals surface area (Å²) < 4.78 is 5.58. The molecule has 0 saturated carbocycles. The summed E-state index contributed by atoms with van der Waals surface area (Å²) in [6.45, 7) is 11.3. The zero-order valence-electron chi connectivity index (χ0n) is 12.1. The molecule has 3 heteroatoms. The van der Waals surface area contributed by atoms with Crippen LogP contribution < -0.4 is 5.32 Å². The molecule has 18 heavy (non-hydrogen) atoms. The number of piperazine rings is 1. The fourth-order valence-electron chi connectivity index (χ4n) is 2.83. The Bertz CT molecular complexity index is 363. The lowest BCUT2D eigenvalue weighted by atomic mass is 9.91. The Labute approximate surface area is 111 Å². The van der Waals surface area contributed by atoms with E-state index in [1.807, 2.05) is 6.07 Å². The molecule has 0 aliphatic carbocycles. The maximum absolute atomic E-state index is 5.58. The second-order valence-electron chi connectivity index (χ2n) is 5.72. The molecule has 3 atom stereocenters. The average Bonchev–Trinajstić information content (AvgIpc) is 2.92. The summed E-state index contributed by atoms with van der Waals surface area (Å²) in [7, 11) is 0. The van der Waals surface area contributed by atoms with E-state index in [1.165, 1.54) is 6.42 Å². The maximum Gasteiger partial charge on any atom is 0.120 e. The van der Waals surface area contributed by atoms with E-state index >= 15 is 0 Å². The number of furan rings is 1. The molecule has 0 radical (unpaired) electrons. The molecule has 1 aromatic rings. The van der Waals surface area contributed by atoms with Gasteiger partial charge in [0.2, 0.25) is 0 Å². The zero-order valence-corrected chi connectivity index (χ0v) is 12.1. The minimum absolute atomic E-state index is 0.229. The quantitative estimate of drug-likeness (QED) is 0.889. The van der Waals surface area contributed by atoms with E-state index in [4.69, 9.17) is 4.42 Å². The Kier molecular flexibility index (Phi) is 4.13. The van der Waals surface area contributed by atoms with E-state index in [0.29, 0.717) is 12.1 Å². The Morgan fingerprint density at radius 1 is 1.56 bits per heavy atom. The third kappa shape index (κ3) is 2.62. The Morgan fingerprint density at radius 2 is 2.33 bits per heavy atom. The van der Waals surface area contributed by atoms with Crippen molar-refractivity contribution < 1.29 is 4.42 Å². The van der Waals surface area contributed by atoms with Crippen LogP contribution in [0, 0.1) is 0 Å². The third-order valence-electron chi connectivity index (χ3n) is 4.47. The summed E-state index contributed by atoms with van der Waals surface area (Å²) >= 11 is 0. The van der Waals surface area contributed by atoms with Crippen LogP contribution in [0.4, 0.5) is 0 Å². The lowest BCUT2D eigenvalue weighted by Gasteiger charge is -2.48.